The summed E-state index contributed by atoms with van der Waals surface area (Å²) in [4.78, 5) is 0.0717. The summed E-state index contributed by atoms with van der Waals surface area (Å²) in [5.41, 5.74) is 1.37. The third-order valence-corrected chi connectivity index (χ3v) is 4.22. The minimum atomic E-state index is -3.70. The van der Waals surface area contributed by atoms with Gasteiger partial charge in [0.25, 0.3) is 0 Å². The van der Waals surface area contributed by atoms with Crippen LogP contribution in [0.1, 0.15) is 11.1 Å². The van der Waals surface area contributed by atoms with E-state index in [0.29, 0.717) is 23.7 Å². The highest BCUT2D eigenvalue weighted by Crippen LogP contribution is 2.24. The third kappa shape index (κ3) is 4.18. The largest absolute Gasteiger partial charge is 0.508 e. The highest BCUT2D eigenvalue weighted by atomic mass is 35.5. The van der Waals surface area contributed by atoms with Gasteiger partial charge in [-0.15, -0.1) is 0 Å². The van der Waals surface area contributed by atoms with Crippen molar-refractivity contribution >= 4 is 21.6 Å². The number of phenols is 1. The number of sulfonamides is 1. The Kier molecular flexibility index (Phi) is 4.84. The molecule has 112 valence electrons. The fraction of sp³-hybridized carbons (Fsp3) is 0.143. The van der Waals surface area contributed by atoms with Gasteiger partial charge in [-0.3, -0.25) is 0 Å². The van der Waals surface area contributed by atoms with E-state index in [9.17, 15) is 13.5 Å². The monoisotopic (exact) mass is 326 g/mol. The van der Waals surface area contributed by atoms with E-state index in [1.54, 1.807) is 30.3 Å². The molecule has 0 radical (unpaired) electrons. The van der Waals surface area contributed by atoms with Crippen molar-refractivity contribution in [1.29, 1.82) is 0 Å². The molecule has 0 saturated heterocycles. The molecule has 0 saturated carbocycles. The first-order chi connectivity index (χ1) is 9.88. The number of rotatable bonds is 5. The van der Waals surface area contributed by atoms with Crippen LogP contribution in [0.25, 0.3) is 0 Å². The Morgan fingerprint density at radius 2 is 1.86 bits per heavy atom. The molecule has 0 fully saturated rings. The molecule has 2 aromatic carbocycles. The lowest BCUT2D eigenvalue weighted by Gasteiger charge is -2.09. The number of hydrogen-bond acceptors (Lipinski definition) is 4. The van der Waals surface area contributed by atoms with Gasteiger partial charge in [0.2, 0.25) is 10.0 Å². The van der Waals surface area contributed by atoms with Crippen LogP contribution in [-0.4, -0.2) is 13.5 Å². The van der Waals surface area contributed by atoms with E-state index < -0.39 is 10.0 Å². The highest BCUT2D eigenvalue weighted by molar-refractivity contribution is 7.89. The zero-order valence-corrected chi connectivity index (χ0v) is 12.7. The minimum Gasteiger partial charge on any atom is -0.508 e. The van der Waals surface area contributed by atoms with Crippen molar-refractivity contribution in [1.82, 2.24) is 5.32 Å². The van der Waals surface area contributed by atoms with E-state index in [4.69, 9.17) is 16.7 Å². The molecule has 0 heterocycles. The van der Waals surface area contributed by atoms with Crippen LogP contribution >= 0.6 is 11.6 Å². The Balaban J connectivity index is 2.04. The fourth-order valence-corrected chi connectivity index (χ4v) is 2.71. The summed E-state index contributed by atoms with van der Waals surface area (Å²) in [5.74, 6) is 0.119. The minimum absolute atomic E-state index is 0.0717. The second kappa shape index (κ2) is 6.44. The molecular weight excluding hydrogens is 312 g/mol. The zero-order chi connectivity index (χ0) is 15.5. The van der Waals surface area contributed by atoms with E-state index in [1.165, 1.54) is 12.1 Å². The van der Waals surface area contributed by atoms with Crippen LogP contribution in [0, 0.1) is 0 Å². The van der Waals surface area contributed by atoms with Crippen molar-refractivity contribution in [2.45, 2.75) is 18.0 Å². The van der Waals surface area contributed by atoms with E-state index >= 15 is 0 Å². The number of primary sulfonamides is 1. The number of benzene rings is 2. The molecule has 0 aliphatic carbocycles. The Hall–Kier alpha value is -1.60. The van der Waals surface area contributed by atoms with E-state index in [-0.39, 0.29) is 10.6 Å². The van der Waals surface area contributed by atoms with Gasteiger partial charge in [0.05, 0.1) is 4.90 Å². The van der Waals surface area contributed by atoms with Crippen LogP contribution in [0.4, 0.5) is 0 Å². The summed E-state index contributed by atoms with van der Waals surface area (Å²) >= 11 is 6.00. The summed E-state index contributed by atoms with van der Waals surface area (Å²) in [5, 5.41) is 18.4. The molecule has 0 unspecified atom stereocenters. The number of phenolic OH excluding ortho intramolecular Hbond substituents is 1. The van der Waals surface area contributed by atoms with Gasteiger partial charge in [0.15, 0.2) is 0 Å². The lowest BCUT2D eigenvalue weighted by molar-refractivity contribution is 0.464. The predicted molar refractivity (Wildman–Crippen MR) is 81.5 cm³/mol. The van der Waals surface area contributed by atoms with E-state index in [1.807, 2.05) is 0 Å². The van der Waals surface area contributed by atoms with Crippen LogP contribution in [-0.2, 0) is 23.1 Å². The average molecular weight is 327 g/mol. The van der Waals surface area contributed by atoms with Crippen molar-refractivity contribution in [3.05, 3.63) is 58.6 Å². The SMILES string of the molecule is NS(=O)(=O)c1cccc(CNCc2c(O)cccc2Cl)c1. The van der Waals surface area contributed by atoms with Crippen molar-refractivity contribution < 1.29 is 13.5 Å². The van der Waals surface area contributed by atoms with E-state index in [2.05, 4.69) is 5.32 Å². The van der Waals surface area contributed by atoms with Gasteiger partial charge >= 0.3 is 0 Å². The fourth-order valence-electron chi connectivity index (χ4n) is 1.89. The van der Waals surface area contributed by atoms with Crippen LogP contribution in [0.5, 0.6) is 5.75 Å². The molecule has 7 heteroatoms. The van der Waals surface area contributed by atoms with Gasteiger partial charge in [0, 0.05) is 23.7 Å². The predicted octanol–water partition coefficient (Wildman–Crippen LogP) is 1.98. The third-order valence-electron chi connectivity index (χ3n) is 2.95. The van der Waals surface area contributed by atoms with Crippen LogP contribution < -0.4 is 10.5 Å². The highest BCUT2D eigenvalue weighted by Gasteiger charge is 2.08. The zero-order valence-electron chi connectivity index (χ0n) is 11.1. The standard InChI is InChI=1S/C14H15ClN2O3S/c15-13-5-2-6-14(18)12(13)9-17-8-10-3-1-4-11(7-10)21(16,19)20/h1-7,17-18H,8-9H2,(H2,16,19,20). The number of nitrogens with two attached hydrogens (primary N) is 1. The summed E-state index contributed by atoms with van der Waals surface area (Å²) in [7, 11) is -3.70. The number of nitrogens with one attached hydrogen (secondary N) is 1. The topological polar surface area (TPSA) is 92.4 Å². The Morgan fingerprint density at radius 3 is 2.52 bits per heavy atom. The molecule has 0 aliphatic heterocycles. The van der Waals surface area contributed by atoms with Gasteiger partial charge in [0.1, 0.15) is 5.75 Å². The summed E-state index contributed by atoms with van der Waals surface area (Å²) < 4.78 is 22.6. The molecule has 4 N–H and O–H groups in total. The summed E-state index contributed by atoms with van der Waals surface area (Å²) in [6.07, 6.45) is 0. The van der Waals surface area contributed by atoms with Crippen molar-refractivity contribution in [3.63, 3.8) is 0 Å². The van der Waals surface area contributed by atoms with Gasteiger partial charge in [-0.1, -0.05) is 29.8 Å². The second-order valence-corrected chi connectivity index (χ2v) is 6.50. The summed E-state index contributed by atoms with van der Waals surface area (Å²) in [6, 6.07) is 11.3. The first-order valence-electron chi connectivity index (χ1n) is 6.17. The number of halogens is 1. The molecule has 21 heavy (non-hydrogen) atoms. The smallest absolute Gasteiger partial charge is 0.238 e. The average Bonchev–Trinajstić information content (AvgIpc) is 2.41. The van der Waals surface area contributed by atoms with Gasteiger partial charge in [-0.2, -0.15) is 0 Å². The normalized spacial score (nSPS) is 11.5. The molecule has 0 bridgehead atoms. The van der Waals surface area contributed by atoms with Gasteiger partial charge < -0.3 is 10.4 Å². The maximum Gasteiger partial charge on any atom is 0.238 e. The molecule has 0 atom stereocenters. The first kappa shape index (κ1) is 15.8. The van der Waals surface area contributed by atoms with Crippen LogP contribution in [0.2, 0.25) is 5.02 Å². The Bertz CT molecular complexity index is 727. The van der Waals surface area contributed by atoms with E-state index in [0.717, 1.165) is 5.56 Å². The Labute approximate surface area is 128 Å². The molecular formula is C14H15ClN2O3S. The van der Waals surface area contributed by atoms with Crippen molar-refractivity contribution in [2.75, 3.05) is 0 Å². The first-order valence-corrected chi connectivity index (χ1v) is 8.09. The number of aromatic hydroxyl groups is 1. The van der Waals surface area contributed by atoms with Crippen LogP contribution in [0.3, 0.4) is 0 Å². The summed E-state index contributed by atoms with van der Waals surface area (Å²) in [6.45, 7) is 0.791. The molecule has 2 rings (SSSR count). The molecule has 0 amide bonds. The molecule has 5 nitrogen and oxygen atoms in total. The second-order valence-electron chi connectivity index (χ2n) is 4.53. The number of hydrogen-bond donors (Lipinski definition) is 3. The maximum absolute atomic E-state index is 11.3. The molecule has 2 aromatic rings. The van der Waals surface area contributed by atoms with Crippen LogP contribution in [0.15, 0.2) is 47.4 Å². The van der Waals surface area contributed by atoms with Gasteiger partial charge in [-0.25, -0.2) is 13.6 Å². The van der Waals surface area contributed by atoms with Crippen molar-refractivity contribution in [3.8, 4) is 5.75 Å². The molecule has 0 aliphatic rings. The lowest BCUT2D eigenvalue weighted by atomic mass is 10.2. The lowest BCUT2D eigenvalue weighted by Crippen LogP contribution is -2.15. The molecule has 0 aromatic heterocycles. The Morgan fingerprint density at radius 1 is 1.14 bits per heavy atom. The quantitative estimate of drug-likeness (QED) is 0.783. The maximum atomic E-state index is 11.3. The van der Waals surface area contributed by atoms with Crippen molar-refractivity contribution in [2.24, 2.45) is 5.14 Å². The molecule has 0 spiro atoms. The van der Waals surface area contributed by atoms with Gasteiger partial charge in [-0.05, 0) is 29.8 Å².